The standard InChI is InChI=1S/C17H30N.BrH/c1-4-5-6-7-8-12-15-18(2,3)16-17-13-10-9-11-14-17;/h9-11,13-14H,4-8,12,15-16H2,1-3H3;1H/q+1;/p-1. The quantitative estimate of drug-likeness (QED) is 0.477. The predicted molar refractivity (Wildman–Crippen MR) is 80.5 cm³/mol. The molecular weight excluding hydrogens is 298 g/mol. The van der Waals surface area contributed by atoms with Gasteiger partial charge in [-0.05, 0) is 12.8 Å². The van der Waals surface area contributed by atoms with Gasteiger partial charge in [0.1, 0.15) is 6.54 Å². The van der Waals surface area contributed by atoms with Crippen LogP contribution in [-0.2, 0) is 6.54 Å². The number of rotatable bonds is 9. The van der Waals surface area contributed by atoms with E-state index in [1.165, 1.54) is 50.6 Å². The van der Waals surface area contributed by atoms with E-state index < -0.39 is 0 Å². The molecule has 0 amide bonds. The summed E-state index contributed by atoms with van der Waals surface area (Å²) in [5.41, 5.74) is 1.45. The van der Waals surface area contributed by atoms with Gasteiger partial charge in [-0.2, -0.15) is 0 Å². The summed E-state index contributed by atoms with van der Waals surface area (Å²) in [6.45, 7) is 4.72. The second-order valence-electron chi connectivity index (χ2n) is 6.07. The van der Waals surface area contributed by atoms with E-state index in [2.05, 4.69) is 51.4 Å². The SMILES string of the molecule is CCCCCCCC[N+](C)(C)Cc1ccccc1.[Br-]. The molecule has 0 saturated carbocycles. The zero-order valence-electron chi connectivity index (χ0n) is 12.9. The molecule has 1 rings (SSSR count). The molecule has 0 fully saturated rings. The van der Waals surface area contributed by atoms with Crippen molar-refractivity contribution in [3.63, 3.8) is 0 Å². The van der Waals surface area contributed by atoms with Crippen molar-refractivity contribution in [1.82, 2.24) is 0 Å². The van der Waals surface area contributed by atoms with E-state index in [9.17, 15) is 0 Å². The highest BCUT2D eigenvalue weighted by molar-refractivity contribution is 5.13. The molecule has 0 aliphatic heterocycles. The minimum absolute atomic E-state index is 0. The zero-order chi connectivity index (χ0) is 13.3. The van der Waals surface area contributed by atoms with Crippen molar-refractivity contribution in [2.75, 3.05) is 20.6 Å². The monoisotopic (exact) mass is 327 g/mol. The fraction of sp³-hybridized carbons (Fsp3) is 0.647. The van der Waals surface area contributed by atoms with Crippen LogP contribution in [-0.4, -0.2) is 25.1 Å². The average Bonchev–Trinajstić information content (AvgIpc) is 2.34. The summed E-state index contributed by atoms with van der Waals surface area (Å²) in [5.74, 6) is 0. The van der Waals surface area contributed by atoms with Gasteiger partial charge in [-0.25, -0.2) is 0 Å². The van der Waals surface area contributed by atoms with Gasteiger partial charge in [-0.1, -0.05) is 62.9 Å². The Morgan fingerprint density at radius 3 is 2.05 bits per heavy atom. The van der Waals surface area contributed by atoms with Gasteiger partial charge in [0.2, 0.25) is 0 Å². The summed E-state index contributed by atoms with van der Waals surface area (Å²) in [6.07, 6.45) is 8.35. The number of quaternary nitrogens is 1. The maximum atomic E-state index is 2.35. The van der Waals surface area contributed by atoms with E-state index in [-0.39, 0.29) is 17.0 Å². The van der Waals surface area contributed by atoms with Crippen LogP contribution in [0.25, 0.3) is 0 Å². The Labute approximate surface area is 130 Å². The van der Waals surface area contributed by atoms with Crippen LogP contribution in [0.4, 0.5) is 0 Å². The van der Waals surface area contributed by atoms with Gasteiger partial charge in [0.05, 0.1) is 20.6 Å². The van der Waals surface area contributed by atoms with Crippen LogP contribution >= 0.6 is 0 Å². The molecule has 0 atom stereocenters. The first-order chi connectivity index (χ1) is 8.64. The molecule has 0 heterocycles. The number of halogens is 1. The largest absolute Gasteiger partial charge is 1.00 e. The third-order valence-corrected chi connectivity index (χ3v) is 3.57. The molecule has 1 aromatic carbocycles. The molecule has 0 aromatic heterocycles. The molecule has 0 unspecified atom stereocenters. The molecule has 0 spiro atoms. The average molecular weight is 328 g/mol. The van der Waals surface area contributed by atoms with E-state index in [0.717, 1.165) is 11.0 Å². The van der Waals surface area contributed by atoms with Crippen molar-refractivity contribution < 1.29 is 21.5 Å². The highest BCUT2D eigenvalue weighted by Crippen LogP contribution is 2.12. The number of unbranched alkanes of at least 4 members (excludes halogenated alkanes) is 5. The van der Waals surface area contributed by atoms with Crippen molar-refractivity contribution in [3.8, 4) is 0 Å². The van der Waals surface area contributed by atoms with E-state index in [1.807, 2.05) is 0 Å². The van der Waals surface area contributed by atoms with Crippen LogP contribution in [0.1, 0.15) is 51.0 Å². The fourth-order valence-electron chi connectivity index (χ4n) is 2.48. The smallest absolute Gasteiger partial charge is 0.104 e. The van der Waals surface area contributed by atoms with Gasteiger partial charge < -0.3 is 21.5 Å². The van der Waals surface area contributed by atoms with E-state index >= 15 is 0 Å². The molecule has 0 bridgehead atoms. The van der Waals surface area contributed by atoms with Crippen LogP contribution in [0.3, 0.4) is 0 Å². The maximum absolute atomic E-state index is 2.35. The van der Waals surface area contributed by atoms with E-state index in [0.29, 0.717) is 0 Å². The molecule has 110 valence electrons. The molecule has 0 aliphatic rings. The fourth-order valence-corrected chi connectivity index (χ4v) is 2.48. The first-order valence-electron chi connectivity index (χ1n) is 7.50. The summed E-state index contributed by atoms with van der Waals surface area (Å²) >= 11 is 0. The van der Waals surface area contributed by atoms with Gasteiger partial charge >= 0.3 is 0 Å². The van der Waals surface area contributed by atoms with Crippen LogP contribution in [0, 0.1) is 0 Å². The lowest BCUT2D eigenvalue weighted by molar-refractivity contribution is -0.903. The number of hydrogen-bond donors (Lipinski definition) is 0. The number of nitrogens with zero attached hydrogens (tertiary/aromatic N) is 1. The summed E-state index contributed by atoms with van der Waals surface area (Å²) in [4.78, 5) is 0. The molecule has 0 saturated heterocycles. The zero-order valence-corrected chi connectivity index (χ0v) is 14.5. The normalized spacial score (nSPS) is 11.1. The van der Waals surface area contributed by atoms with Crippen LogP contribution in [0.15, 0.2) is 30.3 Å². The number of hydrogen-bond acceptors (Lipinski definition) is 0. The summed E-state index contributed by atoms with van der Waals surface area (Å²) in [6, 6.07) is 10.8. The third-order valence-electron chi connectivity index (χ3n) is 3.57. The Morgan fingerprint density at radius 1 is 0.842 bits per heavy atom. The lowest BCUT2D eigenvalue weighted by atomic mass is 10.1. The van der Waals surface area contributed by atoms with E-state index in [4.69, 9.17) is 0 Å². The molecule has 1 nitrogen and oxygen atoms in total. The van der Waals surface area contributed by atoms with Crippen LogP contribution in [0.2, 0.25) is 0 Å². The Kier molecular flexibility index (Phi) is 10.3. The summed E-state index contributed by atoms with van der Waals surface area (Å²) in [7, 11) is 4.69. The Hall–Kier alpha value is -0.340. The number of benzene rings is 1. The topological polar surface area (TPSA) is 0 Å². The maximum Gasteiger partial charge on any atom is 0.104 e. The summed E-state index contributed by atoms with van der Waals surface area (Å²) < 4.78 is 1.11. The van der Waals surface area contributed by atoms with Crippen LogP contribution in [0.5, 0.6) is 0 Å². The van der Waals surface area contributed by atoms with Gasteiger partial charge in [0.25, 0.3) is 0 Å². The third kappa shape index (κ3) is 9.23. The second kappa shape index (κ2) is 10.4. The van der Waals surface area contributed by atoms with Crippen molar-refractivity contribution in [2.24, 2.45) is 0 Å². The van der Waals surface area contributed by atoms with Crippen LogP contribution < -0.4 is 17.0 Å². The molecule has 0 aliphatic carbocycles. The molecule has 0 N–H and O–H groups in total. The second-order valence-corrected chi connectivity index (χ2v) is 6.07. The minimum Gasteiger partial charge on any atom is -1.00 e. The summed E-state index contributed by atoms with van der Waals surface area (Å²) in [5, 5.41) is 0. The molecule has 2 heteroatoms. The van der Waals surface area contributed by atoms with Crippen molar-refractivity contribution >= 4 is 0 Å². The van der Waals surface area contributed by atoms with Crippen molar-refractivity contribution in [1.29, 1.82) is 0 Å². The molecular formula is C17H30BrN. The highest BCUT2D eigenvalue weighted by atomic mass is 79.9. The minimum atomic E-state index is 0. The first-order valence-corrected chi connectivity index (χ1v) is 7.50. The molecule has 19 heavy (non-hydrogen) atoms. The van der Waals surface area contributed by atoms with Gasteiger partial charge in [-0.3, -0.25) is 0 Å². The lowest BCUT2D eigenvalue weighted by Gasteiger charge is -2.30. The van der Waals surface area contributed by atoms with Crippen molar-refractivity contribution in [2.45, 2.75) is 52.0 Å². The van der Waals surface area contributed by atoms with Gasteiger partial charge in [0.15, 0.2) is 0 Å². The lowest BCUT2D eigenvalue weighted by Crippen LogP contribution is -3.00. The van der Waals surface area contributed by atoms with Gasteiger partial charge in [0, 0.05) is 5.56 Å². The Morgan fingerprint density at radius 2 is 1.42 bits per heavy atom. The van der Waals surface area contributed by atoms with Gasteiger partial charge in [-0.15, -0.1) is 0 Å². The predicted octanol–water partition coefficient (Wildman–Crippen LogP) is 1.63. The first kappa shape index (κ1) is 18.7. The Bertz CT molecular complexity index is 308. The van der Waals surface area contributed by atoms with Crippen molar-refractivity contribution in [3.05, 3.63) is 35.9 Å². The van der Waals surface area contributed by atoms with E-state index in [1.54, 1.807) is 0 Å². The highest BCUT2D eigenvalue weighted by Gasteiger charge is 2.14. The Balaban J connectivity index is 0.00000324. The molecule has 1 aromatic rings. The molecule has 0 radical (unpaired) electrons.